The first-order valence-corrected chi connectivity index (χ1v) is 11.0. The number of aromatic hydroxyl groups is 1. The van der Waals surface area contributed by atoms with Gasteiger partial charge >= 0.3 is 0 Å². The van der Waals surface area contributed by atoms with Gasteiger partial charge in [0, 0.05) is 11.8 Å². The number of phenolic OH excluding ortho intramolecular Hbond substituents is 1. The van der Waals surface area contributed by atoms with Crippen LogP contribution in [0, 0.1) is 11.6 Å². The third-order valence-electron chi connectivity index (χ3n) is 5.63. The molecule has 1 aliphatic rings. The first-order valence-electron chi connectivity index (χ1n) is 10.3. The number of benzene rings is 3. The molecule has 1 unspecified atom stereocenters. The van der Waals surface area contributed by atoms with E-state index in [9.17, 15) is 28.6 Å². The summed E-state index contributed by atoms with van der Waals surface area (Å²) in [7, 11) is 2.59. The Morgan fingerprint density at radius 2 is 1.58 bits per heavy atom. The Balaban J connectivity index is 2.02. The van der Waals surface area contributed by atoms with E-state index in [1.807, 2.05) is 0 Å². The Labute approximate surface area is 213 Å². The number of carbonyl (C=O) groups is 2. The largest absolute Gasteiger partial charge is 0.508 e. The van der Waals surface area contributed by atoms with Crippen LogP contribution in [0.15, 0.2) is 54.1 Å². The molecule has 2 N–H and O–H groups in total. The molecule has 0 bridgehead atoms. The number of aliphatic hydroxyl groups is 1. The Kier molecular flexibility index (Phi) is 6.79. The molecule has 1 amide bonds. The number of halogens is 4. The quantitative estimate of drug-likeness (QED) is 0.250. The summed E-state index contributed by atoms with van der Waals surface area (Å²) in [6.07, 6.45) is 0. The van der Waals surface area contributed by atoms with Crippen LogP contribution in [0.3, 0.4) is 0 Å². The molecule has 0 aromatic heterocycles. The smallest absolute Gasteiger partial charge is 0.300 e. The van der Waals surface area contributed by atoms with Crippen LogP contribution in [0.2, 0.25) is 10.0 Å². The van der Waals surface area contributed by atoms with Crippen LogP contribution >= 0.6 is 23.2 Å². The molecule has 186 valence electrons. The lowest BCUT2D eigenvalue weighted by atomic mass is 9.94. The van der Waals surface area contributed by atoms with E-state index in [1.165, 1.54) is 44.6 Å². The lowest BCUT2D eigenvalue weighted by Gasteiger charge is -2.26. The van der Waals surface area contributed by atoms with Crippen molar-refractivity contribution in [3.8, 4) is 17.2 Å². The van der Waals surface area contributed by atoms with E-state index in [1.54, 1.807) is 0 Å². The van der Waals surface area contributed by atoms with Crippen LogP contribution in [-0.4, -0.2) is 36.1 Å². The maximum absolute atomic E-state index is 14.1. The zero-order chi connectivity index (χ0) is 26.3. The van der Waals surface area contributed by atoms with Crippen molar-refractivity contribution in [2.45, 2.75) is 6.04 Å². The van der Waals surface area contributed by atoms with Crippen LogP contribution in [0.25, 0.3) is 5.76 Å². The van der Waals surface area contributed by atoms with Gasteiger partial charge in [0.25, 0.3) is 11.7 Å². The standard InChI is InChI=1S/C25H17Cl2F2NO6/c1-35-23-14(10-15(26)24(36-2)19(23)27)21(32)18-20(11-3-6-13(31)7-4-11)30(25(34)22(18)33)12-5-8-16(28)17(29)9-12/h3-10,20,31-32H,1-2H3/b21-18+. The van der Waals surface area contributed by atoms with E-state index in [2.05, 4.69) is 0 Å². The number of aliphatic hydroxyl groups excluding tert-OH is 1. The highest BCUT2D eigenvalue weighted by Crippen LogP contribution is 2.48. The molecule has 0 spiro atoms. The lowest BCUT2D eigenvalue weighted by Crippen LogP contribution is -2.29. The van der Waals surface area contributed by atoms with Crippen LogP contribution in [0.5, 0.6) is 17.2 Å². The molecule has 1 saturated heterocycles. The monoisotopic (exact) mass is 535 g/mol. The van der Waals surface area contributed by atoms with Crippen molar-refractivity contribution in [2.24, 2.45) is 0 Å². The fourth-order valence-corrected chi connectivity index (χ4v) is 4.68. The van der Waals surface area contributed by atoms with Gasteiger partial charge in [-0.1, -0.05) is 35.3 Å². The van der Waals surface area contributed by atoms with E-state index >= 15 is 0 Å². The zero-order valence-corrected chi connectivity index (χ0v) is 20.2. The van der Waals surface area contributed by atoms with E-state index in [0.717, 1.165) is 23.1 Å². The normalized spacial score (nSPS) is 16.9. The highest BCUT2D eigenvalue weighted by molar-refractivity contribution is 6.52. The number of ketones is 1. The molecule has 3 aromatic carbocycles. The highest BCUT2D eigenvalue weighted by Gasteiger charge is 2.47. The summed E-state index contributed by atoms with van der Waals surface area (Å²) < 4.78 is 38.1. The maximum atomic E-state index is 14.1. The lowest BCUT2D eigenvalue weighted by molar-refractivity contribution is -0.132. The van der Waals surface area contributed by atoms with Crippen LogP contribution in [0.1, 0.15) is 17.2 Å². The molecule has 1 heterocycles. The number of ether oxygens (including phenoxy) is 2. The third-order valence-corrected chi connectivity index (χ3v) is 6.25. The van der Waals surface area contributed by atoms with E-state index in [4.69, 9.17) is 32.7 Å². The Hall–Kier alpha value is -3.82. The van der Waals surface area contributed by atoms with Crippen molar-refractivity contribution >= 4 is 46.3 Å². The number of hydrogen-bond acceptors (Lipinski definition) is 6. The number of carbonyl (C=O) groups excluding carboxylic acids is 2. The summed E-state index contributed by atoms with van der Waals surface area (Å²) >= 11 is 12.6. The van der Waals surface area contributed by atoms with E-state index in [0.29, 0.717) is 0 Å². The molecular weight excluding hydrogens is 519 g/mol. The molecule has 0 radical (unpaired) electrons. The topological polar surface area (TPSA) is 96.3 Å². The van der Waals surface area contributed by atoms with Crippen molar-refractivity contribution in [1.82, 2.24) is 0 Å². The van der Waals surface area contributed by atoms with Crippen LogP contribution < -0.4 is 14.4 Å². The van der Waals surface area contributed by atoms with Gasteiger partial charge in [0.2, 0.25) is 0 Å². The van der Waals surface area contributed by atoms with Crippen molar-refractivity contribution < 1.29 is 38.1 Å². The van der Waals surface area contributed by atoms with Crippen molar-refractivity contribution in [3.05, 3.63) is 86.9 Å². The minimum atomic E-state index is -1.29. The van der Waals surface area contributed by atoms with Gasteiger partial charge in [-0.15, -0.1) is 0 Å². The number of rotatable bonds is 5. The Morgan fingerprint density at radius 3 is 2.17 bits per heavy atom. The van der Waals surface area contributed by atoms with Gasteiger partial charge in [-0.25, -0.2) is 8.78 Å². The van der Waals surface area contributed by atoms with Gasteiger partial charge in [-0.05, 0) is 35.9 Å². The first-order chi connectivity index (χ1) is 17.1. The number of anilines is 1. The van der Waals surface area contributed by atoms with Gasteiger partial charge in [0.15, 0.2) is 23.1 Å². The molecule has 1 atom stereocenters. The van der Waals surface area contributed by atoms with Gasteiger partial charge < -0.3 is 19.7 Å². The Morgan fingerprint density at radius 1 is 0.944 bits per heavy atom. The summed E-state index contributed by atoms with van der Waals surface area (Å²) in [6.45, 7) is 0. The maximum Gasteiger partial charge on any atom is 0.300 e. The molecular formula is C25H17Cl2F2NO6. The predicted octanol–water partition coefficient (Wildman–Crippen LogP) is 5.62. The van der Waals surface area contributed by atoms with Crippen LogP contribution in [-0.2, 0) is 9.59 Å². The average Bonchev–Trinajstić information content (AvgIpc) is 3.11. The minimum Gasteiger partial charge on any atom is -0.508 e. The fourth-order valence-electron chi connectivity index (χ4n) is 4.00. The number of hydrogen-bond donors (Lipinski definition) is 2. The molecule has 0 aliphatic carbocycles. The summed E-state index contributed by atoms with van der Waals surface area (Å²) in [5, 5.41) is 21.0. The molecule has 11 heteroatoms. The molecule has 7 nitrogen and oxygen atoms in total. The number of Topliss-reactive ketones (excluding diaryl/α,β-unsaturated/α-hetero) is 1. The predicted molar refractivity (Wildman–Crippen MR) is 129 cm³/mol. The average molecular weight is 536 g/mol. The third kappa shape index (κ3) is 4.10. The second-order valence-electron chi connectivity index (χ2n) is 7.65. The molecule has 1 aliphatic heterocycles. The summed E-state index contributed by atoms with van der Waals surface area (Å²) in [6, 6.07) is 8.09. The van der Waals surface area contributed by atoms with E-state index < -0.39 is 40.7 Å². The number of methoxy groups -OCH3 is 2. The molecule has 1 fully saturated rings. The highest BCUT2D eigenvalue weighted by atomic mass is 35.5. The summed E-state index contributed by atoms with van der Waals surface area (Å²) in [4.78, 5) is 27.3. The number of amides is 1. The van der Waals surface area contributed by atoms with Gasteiger partial charge in [-0.3, -0.25) is 14.5 Å². The zero-order valence-electron chi connectivity index (χ0n) is 18.7. The van der Waals surface area contributed by atoms with Crippen molar-refractivity contribution in [2.75, 3.05) is 19.1 Å². The minimum absolute atomic E-state index is 0.0131. The second kappa shape index (κ2) is 9.67. The van der Waals surface area contributed by atoms with Gasteiger partial charge in [-0.2, -0.15) is 0 Å². The molecule has 36 heavy (non-hydrogen) atoms. The number of nitrogens with zero attached hydrogens (tertiary/aromatic N) is 1. The van der Waals surface area contributed by atoms with Crippen molar-refractivity contribution in [3.63, 3.8) is 0 Å². The second-order valence-corrected chi connectivity index (χ2v) is 8.43. The molecule has 3 aromatic rings. The summed E-state index contributed by atoms with van der Waals surface area (Å²) in [5.74, 6) is -5.41. The Bertz CT molecular complexity index is 1430. The number of phenols is 1. The summed E-state index contributed by atoms with van der Waals surface area (Å²) in [5.41, 5.74) is -0.361. The van der Waals surface area contributed by atoms with Gasteiger partial charge in [0.1, 0.15) is 16.5 Å². The fraction of sp³-hybridized carbons (Fsp3) is 0.120. The van der Waals surface area contributed by atoms with Crippen LogP contribution in [0.4, 0.5) is 14.5 Å². The molecule has 4 rings (SSSR count). The SMILES string of the molecule is COc1c(Cl)cc(/C(O)=C2\C(=O)C(=O)N(c3ccc(F)c(F)c3)C2c2ccc(O)cc2)c(OC)c1Cl. The van der Waals surface area contributed by atoms with Crippen molar-refractivity contribution in [1.29, 1.82) is 0 Å². The first kappa shape index (κ1) is 25.3. The van der Waals surface area contributed by atoms with E-state index in [-0.39, 0.29) is 44.1 Å². The van der Waals surface area contributed by atoms with Gasteiger partial charge in [0.05, 0.1) is 36.4 Å². The molecule has 0 saturated carbocycles.